The van der Waals surface area contributed by atoms with Crippen molar-refractivity contribution in [1.29, 1.82) is 0 Å². The largest absolute Gasteiger partial charge is 0.325 e. The van der Waals surface area contributed by atoms with Crippen LogP contribution in [0.1, 0.15) is 56.7 Å². The zero-order valence-electron chi connectivity index (χ0n) is 17.7. The number of aryl methyl sites for hydroxylation is 3. The number of amides is 4. The monoisotopic (exact) mass is 385 g/mol. The topological polar surface area (TPSA) is 78.5 Å². The van der Waals surface area contributed by atoms with E-state index in [1.54, 1.807) is 0 Å². The molecule has 2 unspecified atom stereocenters. The molecule has 0 radical (unpaired) electrons. The molecule has 2 fully saturated rings. The first-order valence-electron chi connectivity index (χ1n) is 9.94. The SMILES string of the molecule is Cc1cc(C)c(NC(=O)CN2C(=O)NC3(CC(C)CC(C)(C)C3)C2=O)c(C)c1. The van der Waals surface area contributed by atoms with Crippen LogP contribution in [0.5, 0.6) is 0 Å². The van der Waals surface area contributed by atoms with Gasteiger partial charge in [0.05, 0.1) is 0 Å². The summed E-state index contributed by atoms with van der Waals surface area (Å²) in [6.45, 7) is 12.0. The Bertz CT molecular complexity index is 822. The fraction of sp³-hybridized carbons (Fsp3) is 0.591. The Kier molecular flexibility index (Phi) is 5.02. The van der Waals surface area contributed by atoms with Crippen LogP contribution in [0.15, 0.2) is 12.1 Å². The number of imide groups is 1. The van der Waals surface area contributed by atoms with Gasteiger partial charge in [-0.2, -0.15) is 0 Å². The maximum absolute atomic E-state index is 13.2. The summed E-state index contributed by atoms with van der Waals surface area (Å²) in [7, 11) is 0. The highest BCUT2D eigenvalue weighted by molar-refractivity contribution is 6.10. The molecule has 6 heteroatoms. The quantitative estimate of drug-likeness (QED) is 0.779. The van der Waals surface area contributed by atoms with Gasteiger partial charge in [0.15, 0.2) is 0 Å². The molecule has 1 aromatic carbocycles. The average molecular weight is 386 g/mol. The third-order valence-corrected chi connectivity index (χ3v) is 5.87. The number of carbonyl (C=O) groups is 3. The van der Waals surface area contributed by atoms with E-state index in [9.17, 15) is 14.4 Å². The summed E-state index contributed by atoms with van der Waals surface area (Å²) in [6.07, 6.45) is 2.24. The molecule has 1 heterocycles. The van der Waals surface area contributed by atoms with E-state index in [0.717, 1.165) is 33.7 Å². The summed E-state index contributed by atoms with van der Waals surface area (Å²) in [6, 6.07) is 3.52. The second-order valence-corrected chi connectivity index (χ2v) is 9.58. The maximum Gasteiger partial charge on any atom is 0.325 e. The highest BCUT2D eigenvalue weighted by Gasteiger charge is 2.56. The van der Waals surface area contributed by atoms with Crippen molar-refractivity contribution in [3.63, 3.8) is 0 Å². The van der Waals surface area contributed by atoms with E-state index in [-0.39, 0.29) is 23.8 Å². The number of nitrogens with one attached hydrogen (secondary N) is 2. The third kappa shape index (κ3) is 3.77. The second-order valence-electron chi connectivity index (χ2n) is 9.58. The Hall–Kier alpha value is -2.37. The van der Waals surface area contributed by atoms with E-state index in [1.807, 2.05) is 32.9 Å². The molecule has 0 bridgehead atoms. The molecule has 1 saturated carbocycles. The van der Waals surface area contributed by atoms with Crippen LogP contribution in [0.3, 0.4) is 0 Å². The number of urea groups is 1. The lowest BCUT2D eigenvalue weighted by Crippen LogP contribution is -2.54. The molecule has 152 valence electrons. The van der Waals surface area contributed by atoms with Gasteiger partial charge in [-0.25, -0.2) is 4.79 Å². The molecule has 1 aliphatic carbocycles. The predicted octanol–water partition coefficient (Wildman–Crippen LogP) is 3.69. The molecular formula is C22H31N3O3. The van der Waals surface area contributed by atoms with E-state index in [0.29, 0.717) is 18.8 Å². The van der Waals surface area contributed by atoms with Gasteiger partial charge in [0.2, 0.25) is 5.91 Å². The highest BCUT2D eigenvalue weighted by Crippen LogP contribution is 2.46. The molecule has 2 aliphatic rings. The number of hydrogen-bond donors (Lipinski definition) is 2. The van der Waals surface area contributed by atoms with E-state index in [4.69, 9.17) is 0 Å². The van der Waals surface area contributed by atoms with Crippen molar-refractivity contribution in [3.05, 3.63) is 28.8 Å². The van der Waals surface area contributed by atoms with Crippen LogP contribution in [-0.2, 0) is 9.59 Å². The lowest BCUT2D eigenvalue weighted by Gasteiger charge is -2.43. The third-order valence-electron chi connectivity index (χ3n) is 5.87. The van der Waals surface area contributed by atoms with Gasteiger partial charge in [0, 0.05) is 5.69 Å². The van der Waals surface area contributed by atoms with Crippen LogP contribution in [0, 0.1) is 32.1 Å². The van der Waals surface area contributed by atoms with Crippen LogP contribution in [0.2, 0.25) is 0 Å². The fourth-order valence-electron chi connectivity index (χ4n) is 5.35. The van der Waals surface area contributed by atoms with Crippen LogP contribution in [0.25, 0.3) is 0 Å². The molecule has 0 aromatic heterocycles. The minimum atomic E-state index is -0.881. The zero-order chi connectivity index (χ0) is 20.9. The van der Waals surface area contributed by atoms with E-state index in [1.165, 1.54) is 0 Å². The van der Waals surface area contributed by atoms with Gasteiger partial charge in [-0.05, 0) is 62.5 Å². The first-order chi connectivity index (χ1) is 12.9. The van der Waals surface area contributed by atoms with E-state index >= 15 is 0 Å². The predicted molar refractivity (Wildman–Crippen MR) is 109 cm³/mol. The smallest absolute Gasteiger partial charge is 0.324 e. The first kappa shape index (κ1) is 20.4. The second kappa shape index (κ2) is 6.90. The van der Waals surface area contributed by atoms with Gasteiger partial charge < -0.3 is 10.6 Å². The molecule has 1 aromatic rings. The maximum atomic E-state index is 13.2. The lowest BCUT2D eigenvalue weighted by atomic mass is 9.64. The summed E-state index contributed by atoms with van der Waals surface area (Å²) < 4.78 is 0. The van der Waals surface area contributed by atoms with E-state index < -0.39 is 11.6 Å². The number of anilines is 1. The number of hydrogen-bond acceptors (Lipinski definition) is 3. The molecule has 2 N–H and O–H groups in total. The van der Waals surface area contributed by atoms with Gasteiger partial charge in [-0.15, -0.1) is 0 Å². The highest BCUT2D eigenvalue weighted by atomic mass is 16.2. The Balaban J connectivity index is 1.75. The normalized spacial score (nSPS) is 26.5. The Morgan fingerprint density at radius 2 is 1.79 bits per heavy atom. The van der Waals surface area contributed by atoms with Crippen molar-refractivity contribution >= 4 is 23.5 Å². The van der Waals surface area contributed by atoms with Crippen molar-refractivity contribution < 1.29 is 14.4 Å². The summed E-state index contributed by atoms with van der Waals surface area (Å²) >= 11 is 0. The summed E-state index contributed by atoms with van der Waals surface area (Å²) in [4.78, 5) is 39.4. The summed E-state index contributed by atoms with van der Waals surface area (Å²) in [5.41, 5.74) is 2.87. The van der Waals surface area contributed by atoms with E-state index in [2.05, 4.69) is 31.4 Å². The summed E-state index contributed by atoms with van der Waals surface area (Å²) in [5.74, 6) is -0.303. The van der Waals surface area contributed by atoms with Crippen molar-refractivity contribution in [3.8, 4) is 0 Å². The van der Waals surface area contributed by atoms with Crippen molar-refractivity contribution in [2.75, 3.05) is 11.9 Å². The Morgan fingerprint density at radius 3 is 2.36 bits per heavy atom. The van der Waals surface area contributed by atoms with Crippen LogP contribution in [0.4, 0.5) is 10.5 Å². The first-order valence-corrected chi connectivity index (χ1v) is 9.94. The van der Waals surface area contributed by atoms with Crippen molar-refractivity contribution in [2.45, 2.75) is 66.3 Å². The van der Waals surface area contributed by atoms with Crippen LogP contribution >= 0.6 is 0 Å². The van der Waals surface area contributed by atoms with Crippen molar-refractivity contribution in [2.24, 2.45) is 11.3 Å². The van der Waals surface area contributed by atoms with Gasteiger partial charge in [-0.3, -0.25) is 14.5 Å². The minimum Gasteiger partial charge on any atom is -0.324 e. The van der Waals surface area contributed by atoms with Gasteiger partial charge >= 0.3 is 6.03 Å². The zero-order valence-corrected chi connectivity index (χ0v) is 17.7. The molecule has 2 atom stereocenters. The standard InChI is InChI=1S/C22H31N3O3/c1-13-7-15(3)18(16(4)8-13)23-17(26)11-25-19(27)22(24-20(25)28)10-14(2)9-21(5,6)12-22/h7-8,14H,9-12H2,1-6H3,(H,23,26)(H,24,28). The van der Waals surface area contributed by atoms with Gasteiger partial charge in [0.1, 0.15) is 12.1 Å². The summed E-state index contributed by atoms with van der Waals surface area (Å²) in [5, 5.41) is 5.79. The number of carbonyl (C=O) groups excluding carboxylic acids is 3. The Labute approximate surface area is 167 Å². The van der Waals surface area contributed by atoms with Gasteiger partial charge in [-0.1, -0.05) is 38.5 Å². The molecule has 1 saturated heterocycles. The fourth-order valence-corrected chi connectivity index (χ4v) is 5.35. The average Bonchev–Trinajstić information content (AvgIpc) is 2.72. The lowest BCUT2D eigenvalue weighted by molar-refractivity contribution is -0.136. The molecule has 28 heavy (non-hydrogen) atoms. The molecular weight excluding hydrogens is 354 g/mol. The molecule has 1 aliphatic heterocycles. The van der Waals surface area contributed by atoms with Gasteiger partial charge in [0.25, 0.3) is 5.91 Å². The number of benzene rings is 1. The molecule has 3 rings (SSSR count). The van der Waals surface area contributed by atoms with Crippen molar-refractivity contribution in [1.82, 2.24) is 10.2 Å². The molecule has 4 amide bonds. The van der Waals surface area contributed by atoms with Crippen LogP contribution in [-0.4, -0.2) is 34.8 Å². The number of nitrogens with zero attached hydrogens (tertiary/aromatic N) is 1. The Morgan fingerprint density at radius 1 is 1.18 bits per heavy atom. The van der Waals surface area contributed by atoms with Crippen LogP contribution < -0.4 is 10.6 Å². The number of rotatable bonds is 3. The minimum absolute atomic E-state index is 0.0327. The molecule has 1 spiro atoms. The molecule has 6 nitrogen and oxygen atoms in total.